The number of carbonyl (C=O) groups is 2. The third kappa shape index (κ3) is 5.18. The molecule has 1 aliphatic heterocycles. The predicted octanol–water partition coefficient (Wildman–Crippen LogP) is 1.48. The van der Waals surface area contributed by atoms with Crippen molar-refractivity contribution in [1.82, 2.24) is 25.0 Å². The maximum Gasteiger partial charge on any atom is 0.387 e. The van der Waals surface area contributed by atoms with Gasteiger partial charge in [-0.05, 0) is 31.0 Å². The van der Waals surface area contributed by atoms with E-state index in [1.165, 1.54) is 31.6 Å². The quantitative estimate of drug-likeness (QED) is 0.744. The molecule has 1 aliphatic rings. The van der Waals surface area contributed by atoms with Crippen molar-refractivity contribution in [3.05, 3.63) is 36.4 Å². The summed E-state index contributed by atoms with van der Waals surface area (Å²) in [6.07, 6.45) is 4.65. The first-order valence-corrected chi connectivity index (χ1v) is 9.01. The van der Waals surface area contributed by atoms with Crippen LogP contribution in [0.5, 0.6) is 11.5 Å². The van der Waals surface area contributed by atoms with E-state index in [9.17, 15) is 18.4 Å². The number of ether oxygens (including phenoxy) is 2. The van der Waals surface area contributed by atoms with Crippen LogP contribution in [-0.2, 0) is 4.79 Å². The summed E-state index contributed by atoms with van der Waals surface area (Å²) in [5.74, 6) is -0.886. The van der Waals surface area contributed by atoms with Crippen molar-refractivity contribution in [3.63, 3.8) is 0 Å². The van der Waals surface area contributed by atoms with E-state index in [4.69, 9.17) is 4.74 Å². The highest BCUT2D eigenvalue weighted by Gasteiger charge is 2.24. The Morgan fingerprint density at radius 2 is 2.03 bits per heavy atom. The molecule has 0 atom stereocenters. The Morgan fingerprint density at radius 3 is 2.66 bits per heavy atom. The van der Waals surface area contributed by atoms with Gasteiger partial charge in [0.05, 0.1) is 19.7 Å². The van der Waals surface area contributed by atoms with Gasteiger partial charge in [-0.2, -0.15) is 13.9 Å². The molecule has 1 fully saturated rings. The SMILES string of the molecule is COc1cc(C(=O)NCC(=O)N2CCC(n3cncn3)CC2)ccc1OC(F)F. The molecule has 0 radical (unpaired) electrons. The number of benzene rings is 1. The Kier molecular flexibility index (Phi) is 6.57. The number of aromatic nitrogens is 3. The number of hydrogen-bond donors (Lipinski definition) is 1. The highest BCUT2D eigenvalue weighted by Crippen LogP contribution is 2.29. The fraction of sp³-hybridized carbons (Fsp3) is 0.444. The van der Waals surface area contributed by atoms with E-state index < -0.39 is 12.5 Å². The summed E-state index contributed by atoms with van der Waals surface area (Å²) >= 11 is 0. The lowest BCUT2D eigenvalue weighted by atomic mass is 10.1. The molecule has 0 aliphatic carbocycles. The molecule has 9 nitrogen and oxygen atoms in total. The Balaban J connectivity index is 1.50. The molecule has 1 saturated heterocycles. The third-order valence-corrected chi connectivity index (χ3v) is 4.67. The van der Waals surface area contributed by atoms with E-state index in [1.807, 2.05) is 0 Å². The van der Waals surface area contributed by atoms with Crippen molar-refractivity contribution >= 4 is 11.8 Å². The normalized spacial score (nSPS) is 14.7. The minimum atomic E-state index is -3.00. The second kappa shape index (κ2) is 9.30. The van der Waals surface area contributed by atoms with Crippen molar-refractivity contribution < 1.29 is 27.8 Å². The van der Waals surface area contributed by atoms with Gasteiger partial charge in [0, 0.05) is 18.7 Å². The summed E-state index contributed by atoms with van der Waals surface area (Å²) in [7, 11) is 1.28. The predicted molar refractivity (Wildman–Crippen MR) is 96.8 cm³/mol. The number of methoxy groups -OCH3 is 1. The molecule has 0 unspecified atom stereocenters. The molecule has 0 spiro atoms. The van der Waals surface area contributed by atoms with Crippen molar-refractivity contribution in [2.75, 3.05) is 26.7 Å². The molecular formula is C18H21F2N5O4. The van der Waals surface area contributed by atoms with Gasteiger partial charge in [0.15, 0.2) is 11.5 Å². The highest BCUT2D eigenvalue weighted by molar-refractivity contribution is 5.97. The lowest BCUT2D eigenvalue weighted by Gasteiger charge is -2.31. The van der Waals surface area contributed by atoms with Crippen LogP contribution in [0.4, 0.5) is 8.78 Å². The molecule has 1 aromatic heterocycles. The van der Waals surface area contributed by atoms with Gasteiger partial charge < -0.3 is 19.7 Å². The molecule has 0 saturated carbocycles. The van der Waals surface area contributed by atoms with Crippen molar-refractivity contribution in [2.45, 2.75) is 25.5 Å². The van der Waals surface area contributed by atoms with Gasteiger partial charge in [0.2, 0.25) is 5.91 Å². The van der Waals surface area contributed by atoms with E-state index in [-0.39, 0.29) is 35.6 Å². The number of piperidine rings is 1. The van der Waals surface area contributed by atoms with Gasteiger partial charge in [-0.25, -0.2) is 9.67 Å². The first kappa shape index (κ1) is 20.5. The summed E-state index contributed by atoms with van der Waals surface area (Å²) < 4.78 is 35.8. The van der Waals surface area contributed by atoms with Crippen LogP contribution in [0.1, 0.15) is 29.2 Å². The Morgan fingerprint density at radius 1 is 1.28 bits per heavy atom. The highest BCUT2D eigenvalue weighted by atomic mass is 19.3. The minimum Gasteiger partial charge on any atom is -0.493 e. The standard InChI is InChI=1S/C18H21F2N5O4/c1-28-15-8-12(2-3-14(15)29-18(19)20)17(27)22-9-16(26)24-6-4-13(5-7-24)25-11-21-10-23-25/h2-3,8,10-11,13,18H,4-7,9H2,1H3,(H,22,27). The fourth-order valence-corrected chi connectivity index (χ4v) is 3.16. The summed E-state index contributed by atoms with van der Waals surface area (Å²) in [6, 6.07) is 4.03. The van der Waals surface area contributed by atoms with Gasteiger partial charge in [-0.1, -0.05) is 0 Å². The second-order valence-electron chi connectivity index (χ2n) is 6.41. The first-order chi connectivity index (χ1) is 14.0. The maximum atomic E-state index is 12.4. The molecule has 1 aromatic carbocycles. The number of carbonyl (C=O) groups excluding carboxylic acids is 2. The largest absolute Gasteiger partial charge is 0.493 e. The van der Waals surface area contributed by atoms with Crippen LogP contribution in [0.2, 0.25) is 0 Å². The van der Waals surface area contributed by atoms with Gasteiger partial charge in [-0.3, -0.25) is 9.59 Å². The summed E-state index contributed by atoms with van der Waals surface area (Å²) in [6.45, 7) is -2.04. The summed E-state index contributed by atoms with van der Waals surface area (Å²) in [4.78, 5) is 30.3. The average molecular weight is 409 g/mol. The lowest BCUT2D eigenvalue weighted by Crippen LogP contribution is -2.44. The maximum absolute atomic E-state index is 12.4. The zero-order chi connectivity index (χ0) is 20.8. The van der Waals surface area contributed by atoms with E-state index in [1.54, 1.807) is 15.9 Å². The lowest BCUT2D eigenvalue weighted by molar-refractivity contribution is -0.131. The number of nitrogens with one attached hydrogen (secondary N) is 1. The molecule has 2 amide bonds. The number of hydrogen-bond acceptors (Lipinski definition) is 6. The first-order valence-electron chi connectivity index (χ1n) is 9.01. The molecule has 3 rings (SSSR count). The molecule has 1 N–H and O–H groups in total. The van der Waals surface area contributed by atoms with Crippen molar-refractivity contribution in [2.24, 2.45) is 0 Å². The Labute approximate surface area is 165 Å². The van der Waals surface area contributed by atoms with Crippen LogP contribution >= 0.6 is 0 Å². The van der Waals surface area contributed by atoms with Gasteiger partial charge in [0.1, 0.15) is 12.7 Å². The Hall–Kier alpha value is -3.24. The zero-order valence-corrected chi connectivity index (χ0v) is 15.8. The topological polar surface area (TPSA) is 98.6 Å². The van der Waals surface area contributed by atoms with E-state index in [0.717, 1.165) is 12.8 Å². The monoisotopic (exact) mass is 409 g/mol. The smallest absolute Gasteiger partial charge is 0.387 e. The minimum absolute atomic E-state index is 0.000500. The van der Waals surface area contributed by atoms with E-state index >= 15 is 0 Å². The number of halogens is 2. The summed E-state index contributed by atoms with van der Waals surface area (Å²) in [5, 5.41) is 6.67. The zero-order valence-electron chi connectivity index (χ0n) is 15.8. The van der Waals surface area contributed by atoms with Crippen LogP contribution in [0.3, 0.4) is 0 Å². The number of alkyl halides is 2. The molecule has 0 bridgehead atoms. The molecule has 156 valence electrons. The van der Waals surface area contributed by atoms with Crippen molar-refractivity contribution in [1.29, 1.82) is 0 Å². The van der Waals surface area contributed by atoms with Gasteiger partial charge in [-0.15, -0.1) is 0 Å². The number of nitrogens with zero attached hydrogens (tertiary/aromatic N) is 4. The fourth-order valence-electron chi connectivity index (χ4n) is 3.16. The third-order valence-electron chi connectivity index (χ3n) is 4.67. The molecule has 11 heteroatoms. The molecule has 2 heterocycles. The van der Waals surface area contributed by atoms with Crippen LogP contribution in [-0.4, -0.2) is 64.8 Å². The van der Waals surface area contributed by atoms with Crippen LogP contribution < -0.4 is 14.8 Å². The molecular weight excluding hydrogens is 388 g/mol. The second-order valence-corrected chi connectivity index (χ2v) is 6.41. The Bertz CT molecular complexity index is 839. The van der Waals surface area contributed by atoms with Gasteiger partial charge >= 0.3 is 6.61 Å². The van der Waals surface area contributed by atoms with Crippen LogP contribution in [0, 0.1) is 0 Å². The number of amides is 2. The van der Waals surface area contributed by atoms with E-state index in [0.29, 0.717) is 13.1 Å². The van der Waals surface area contributed by atoms with Crippen LogP contribution in [0.15, 0.2) is 30.9 Å². The number of rotatable bonds is 7. The molecule has 2 aromatic rings. The number of likely N-dealkylation sites (tertiary alicyclic amines) is 1. The molecule has 29 heavy (non-hydrogen) atoms. The van der Waals surface area contributed by atoms with Crippen LogP contribution in [0.25, 0.3) is 0 Å². The van der Waals surface area contributed by atoms with Crippen molar-refractivity contribution in [3.8, 4) is 11.5 Å². The average Bonchev–Trinajstić information content (AvgIpc) is 3.26. The van der Waals surface area contributed by atoms with Gasteiger partial charge in [0.25, 0.3) is 5.91 Å². The summed E-state index contributed by atoms with van der Waals surface area (Å²) in [5.41, 5.74) is 0.168. The van der Waals surface area contributed by atoms with E-state index in [2.05, 4.69) is 20.1 Å².